The fourth-order valence-corrected chi connectivity index (χ4v) is 4.07. The number of amides is 1. The highest BCUT2D eigenvalue weighted by Gasteiger charge is 2.25. The average molecular weight is 459 g/mol. The quantitative estimate of drug-likeness (QED) is 0.674. The van der Waals surface area contributed by atoms with E-state index in [0.29, 0.717) is 37.8 Å². The molecule has 32 heavy (non-hydrogen) atoms. The fraction of sp³-hybridized carbons (Fsp3) is 0.455. The molecule has 3 heterocycles. The third-order valence-electron chi connectivity index (χ3n) is 5.57. The number of piperazine rings is 1. The van der Waals surface area contributed by atoms with Gasteiger partial charge in [0.15, 0.2) is 0 Å². The number of hydrogen-bond acceptors (Lipinski definition) is 8. The number of carbonyl (C=O) groups excluding carboxylic acids is 1. The summed E-state index contributed by atoms with van der Waals surface area (Å²) in [5.74, 6) is 1.21. The van der Waals surface area contributed by atoms with E-state index in [0.717, 1.165) is 36.7 Å². The predicted octanol–water partition coefficient (Wildman–Crippen LogP) is 2.59. The molecule has 1 saturated heterocycles. The molecule has 0 radical (unpaired) electrons. The summed E-state index contributed by atoms with van der Waals surface area (Å²) in [6.45, 7) is 3.31. The first-order valence-electron chi connectivity index (χ1n) is 10.7. The van der Waals surface area contributed by atoms with Crippen molar-refractivity contribution in [2.24, 2.45) is 10.1 Å². The Morgan fingerprint density at radius 2 is 2.09 bits per heavy atom. The topological polar surface area (TPSA) is 86.8 Å². The number of rotatable bonds is 5. The summed E-state index contributed by atoms with van der Waals surface area (Å²) < 4.78 is 10.8. The van der Waals surface area contributed by atoms with Gasteiger partial charge in [-0.15, -0.1) is 0 Å². The van der Waals surface area contributed by atoms with E-state index in [9.17, 15) is 4.79 Å². The van der Waals surface area contributed by atoms with E-state index in [1.807, 2.05) is 23.1 Å². The van der Waals surface area contributed by atoms with Gasteiger partial charge in [0, 0.05) is 50.6 Å². The molecule has 4 rings (SSSR count). The smallest absolute Gasteiger partial charge is 0.244 e. The minimum atomic E-state index is 0.0284. The van der Waals surface area contributed by atoms with Crippen molar-refractivity contribution in [1.29, 1.82) is 0 Å². The van der Waals surface area contributed by atoms with Crippen LogP contribution >= 0.6 is 11.6 Å². The monoisotopic (exact) mass is 458 g/mol. The molecule has 1 aromatic heterocycles. The SMILES string of the molecule is COC1=C(Cl)CCC(N2CCN(C(=O)CN3C/N=C\C=C/C/C(c4ncco4)=N\3)CC2)=C1. The summed E-state index contributed by atoms with van der Waals surface area (Å²) in [5, 5.41) is 7.04. The molecule has 1 aliphatic carbocycles. The van der Waals surface area contributed by atoms with E-state index in [1.165, 1.54) is 12.0 Å². The molecule has 3 aliphatic rings. The van der Waals surface area contributed by atoms with Crippen LogP contribution in [0.1, 0.15) is 25.2 Å². The van der Waals surface area contributed by atoms with Crippen molar-refractivity contribution in [2.45, 2.75) is 19.3 Å². The zero-order chi connectivity index (χ0) is 22.3. The van der Waals surface area contributed by atoms with E-state index < -0.39 is 0 Å². The number of oxazole rings is 1. The number of carbonyl (C=O) groups is 1. The van der Waals surface area contributed by atoms with Crippen molar-refractivity contribution in [3.05, 3.63) is 53.1 Å². The number of aromatic nitrogens is 1. The molecular weight excluding hydrogens is 432 g/mol. The maximum atomic E-state index is 13.0. The second-order valence-electron chi connectivity index (χ2n) is 7.63. The normalized spacial score (nSPS) is 23.5. The molecule has 0 saturated carbocycles. The lowest BCUT2D eigenvalue weighted by Crippen LogP contribution is -2.50. The lowest BCUT2D eigenvalue weighted by atomic mass is 10.1. The summed E-state index contributed by atoms with van der Waals surface area (Å²) in [6.07, 6.45) is 12.8. The molecule has 0 bridgehead atoms. The molecule has 1 aromatic rings. The largest absolute Gasteiger partial charge is 0.495 e. The van der Waals surface area contributed by atoms with Crippen LogP contribution in [-0.4, -0.2) is 84.1 Å². The van der Waals surface area contributed by atoms with Crippen LogP contribution in [-0.2, 0) is 9.53 Å². The second-order valence-corrected chi connectivity index (χ2v) is 8.09. The van der Waals surface area contributed by atoms with Gasteiger partial charge in [-0.1, -0.05) is 17.7 Å². The maximum Gasteiger partial charge on any atom is 0.244 e. The molecule has 1 fully saturated rings. The standard InChI is InChI=1S/C22H27ClN6O3/c1-31-20-14-17(5-6-18(20)23)27-9-11-28(12-10-27)21(30)15-29-16-24-7-3-2-4-19(26-29)22-25-8-13-32-22/h2-3,7-8,13-14H,4-6,9-12,15-16H2,1H3/b3-2-,24-7-,26-19+. The number of hydrogen-bond donors (Lipinski definition) is 0. The van der Waals surface area contributed by atoms with Gasteiger partial charge in [-0.05, 0) is 18.9 Å². The Balaban J connectivity index is 1.37. The van der Waals surface area contributed by atoms with Crippen LogP contribution in [0.2, 0.25) is 0 Å². The van der Waals surface area contributed by atoms with Crippen LogP contribution in [0.15, 0.2) is 61.7 Å². The van der Waals surface area contributed by atoms with Crippen molar-refractivity contribution < 1.29 is 13.9 Å². The van der Waals surface area contributed by atoms with Crippen LogP contribution in [0.25, 0.3) is 0 Å². The van der Waals surface area contributed by atoms with Gasteiger partial charge in [-0.3, -0.25) is 14.8 Å². The van der Waals surface area contributed by atoms with Crippen LogP contribution in [0.3, 0.4) is 0 Å². The molecule has 10 heteroatoms. The minimum absolute atomic E-state index is 0.0284. The van der Waals surface area contributed by atoms with E-state index in [4.69, 9.17) is 20.8 Å². The van der Waals surface area contributed by atoms with Crippen LogP contribution in [0.4, 0.5) is 0 Å². The Labute approximate surface area is 192 Å². The Bertz CT molecular complexity index is 958. The molecular formula is C22H27ClN6O3. The van der Waals surface area contributed by atoms with Gasteiger partial charge in [0.25, 0.3) is 0 Å². The molecule has 0 spiro atoms. The number of allylic oxidation sites excluding steroid dienone is 5. The first kappa shape index (κ1) is 22.1. The van der Waals surface area contributed by atoms with E-state index >= 15 is 0 Å². The van der Waals surface area contributed by atoms with Gasteiger partial charge in [0.2, 0.25) is 11.8 Å². The van der Waals surface area contributed by atoms with Crippen LogP contribution < -0.4 is 0 Å². The third-order valence-corrected chi connectivity index (χ3v) is 5.94. The number of methoxy groups -OCH3 is 1. The van der Waals surface area contributed by atoms with E-state index in [-0.39, 0.29) is 12.5 Å². The summed E-state index contributed by atoms with van der Waals surface area (Å²) in [4.78, 5) is 25.7. The first-order valence-corrected chi connectivity index (χ1v) is 11.0. The molecule has 2 aliphatic heterocycles. The van der Waals surface area contributed by atoms with Gasteiger partial charge in [-0.2, -0.15) is 5.10 Å². The average Bonchev–Trinajstić information content (AvgIpc) is 3.37. The third kappa shape index (κ3) is 5.40. The van der Waals surface area contributed by atoms with Crippen molar-refractivity contribution >= 4 is 29.4 Å². The Kier molecular flexibility index (Phi) is 7.26. The Morgan fingerprint density at radius 3 is 2.84 bits per heavy atom. The zero-order valence-electron chi connectivity index (χ0n) is 18.1. The Hall–Kier alpha value is -3.07. The highest BCUT2D eigenvalue weighted by Crippen LogP contribution is 2.29. The minimum Gasteiger partial charge on any atom is -0.495 e. The first-order chi connectivity index (χ1) is 15.6. The van der Waals surface area contributed by atoms with Gasteiger partial charge in [0.05, 0.1) is 18.3 Å². The summed E-state index contributed by atoms with van der Waals surface area (Å²) in [5.41, 5.74) is 1.87. The van der Waals surface area contributed by atoms with Gasteiger partial charge < -0.3 is 19.0 Å². The van der Waals surface area contributed by atoms with Gasteiger partial charge >= 0.3 is 0 Å². The maximum absolute atomic E-state index is 13.0. The molecule has 0 N–H and O–H groups in total. The van der Waals surface area contributed by atoms with Gasteiger partial charge in [-0.25, -0.2) is 4.98 Å². The molecule has 170 valence electrons. The highest BCUT2D eigenvalue weighted by atomic mass is 35.5. The number of halogens is 1. The zero-order valence-corrected chi connectivity index (χ0v) is 18.9. The van der Waals surface area contributed by atoms with Crippen molar-refractivity contribution in [3.8, 4) is 0 Å². The van der Waals surface area contributed by atoms with Crippen molar-refractivity contribution in [1.82, 2.24) is 19.8 Å². The molecule has 9 nitrogen and oxygen atoms in total. The lowest BCUT2D eigenvalue weighted by molar-refractivity contribution is -0.133. The van der Waals surface area contributed by atoms with E-state index in [1.54, 1.807) is 24.5 Å². The molecule has 0 aromatic carbocycles. The molecule has 0 unspecified atom stereocenters. The lowest BCUT2D eigenvalue weighted by Gasteiger charge is -2.38. The summed E-state index contributed by atoms with van der Waals surface area (Å²) in [6, 6.07) is 0. The summed E-state index contributed by atoms with van der Waals surface area (Å²) in [7, 11) is 1.64. The Morgan fingerprint density at radius 1 is 1.25 bits per heavy atom. The fourth-order valence-electron chi connectivity index (χ4n) is 3.85. The molecule has 0 atom stereocenters. The van der Waals surface area contributed by atoms with Gasteiger partial charge in [0.1, 0.15) is 30.9 Å². The molecule has 1 amide bonds. The predicted molar refractivity (Wildman–Crippen MR) is 122 cm³/mol. The van der Waals surface area contributed by atoms with Crippen molar-refractivity contribution in [3.63, 3.8) is 0 Å². The number of aliphatic imine (C=N–C) groups is 1. The second kappa shape index (κ2) is 10.5. The van der Waals surface area contributed by atoms with Crippen LogP contribution in [0.5, 0.6) is 0 Å². The van der Waals surface area contributed by atoms with Crippen LogP contribution in [0, 0.1) is 0 Å². The summed E-state index contributed by atoms with van der Waals surface area (Å²) >= 11 is 6.22. The van der Waals surface area contributed by atoms with Crippen molar-refractivity contribution in [2.75, 3.05) is 46.5 Å². The number of ether oxygens (including phenoxy) is 1. The van der Waals surface area contributed by atoms with E-state index in [2.05, 4.69) is 20.0 Å². The highest BCUT2D eigenvalue weighted by molar-refractivity contribution is 6.30. The number of nitrogens with zero attached hydrogens (tertiary/aromatic N) is 6. The number of hydrazone groups is 1.